The van der Waals surface area contributed by atoms with E-state index in [1.54, 1.807) is 23.1 Å². The van der Waals surface area contributed by atoms with E-state index in [0.29, 0.717) is 0 Å². The highest BCUT2D eigenvalue weighted by Gasteiger charge is 2.07. The maximum absolute atomic E-state index is 7.42. The van der Waals surface area contributed by atoms with Gasteiger partial charge in [0.15, 0.2) is 4.34 Å². The van der Waals surface area contributed by atoms with E-state index in [9.17, 15) is 0 Å². The van der Waals surface area contributed by atoms with E-state index in [1.807, 2.05) is 43.3 Å². The molecule has 3 N–H and O–H groups in total. The molecule has 5 nitrogen and oxygen atoms in total. The molecule has 100 valence electrons. The molecule has 2 aromatic rings. The van der Waals surface area contributed by atoms with Gasteiger partial charge < -0.3 is 10.6 Å². The summed E-state index contributed by atoms with van der Waals surface area (Å²) in [7, 11) is 3.90. The van der Waals surface area contributed by atoms with Gasteiger partial charge in [-0.1, -0.05) is 41.3 Å². The largest absolute Gasteiger partial charge is 0.384 e. The van der Waals surface area contributed by atoms with Gasteiger partial charge in [0, 0.05) is 25.4 Å². The van der Waals surface area contributed by atoms with Crippen LogP contribution in [-0.2, 0) is 5.75 Å². The number of nitrogens with one attached hydrogen (secondary N) is 1. The Morgan fingerprint density at radius 2 is 2.21 bits per heavy atom. The van der Waals surface area contributed by atoms with Gasteiger partial charge in [0.2, 0.25) is 5.13 Å². The third-order valence-electron chi connectivity index (χ3n) is 2.38. The van der Waals surface area contributed by atoms with Crippen LogP contribution < -0.4 is 10.6 Å². The Morgan fingerprint density at radius 1 is 1.42 bits per heavy atom. The number of anilines is 1. The smallest absolute Gasteiger partial charge is 0.208 e. The number of thioether (sulfide) groups is 1. The third kappa shape index (κ3) is 3.68. The van der Waals surface area contributed by atoms with Crippen LogP contribution in [0.25, 0.3) is 0 Å². The summed E-state index contributed by atoms with van der Waals surface area (Å²) in [5.41, 5.74) is 7.36. The fourth-order valence-corrected chi connectivity index (χ4v) is 3.12. The first-order chi connectivity index (χ1) is 9.06. The molecule has 19 heavy (non-hydrogen) atoms. The van der Waals surface area contributed by atoms with Crippen LogP contribution in [0.5, 0.6) is 0 Å². The third-order valence-corrected chi connectivity index (χ3v) is 4.67. The Labute approximate surface area is 120 Å². The van der Waals surface area contributed by atoms with Crippen molar-refractivity contribution in [2.75, 3.05) is 19.0 Å². The zero-order chi connectivity index (χ0) is 13.8. The molecular weight excluding hydrogens is 278 g/mol. The number of nitrogens with zero attached hydrogens (tertiary/aromatic N) is 3. The van der Waals surface area contributed by atoms with Crippen LogP contribution in [0, 0.1) is 5.41 Å². The summed E-state index contributed by atoms with van der Waals surface area (Å²) >= 11 is 3.21. The molecule has 0 bridgehead atoms. The highest BCUT2D eigenvalue weighted by Crippen LogP contribution is 2.29. The second kappa shape index (κ2) is 6.03. The average Bonchev–Trinajstić information content (AvgIpc) is 2.85. The fourth-order valence-electron chi connectivity index (χ4n) is 1.42. The number of nitrogens with two attached hydrogens (primary N) is 1. The molecule has 0 aliphatic carbocycles. The second-order valence-corrected chi connectivity index (χ2v) is 6.33. The molecule has 2 rings (SSSR count). The highest BCUT2D eigenvalue weighted by molar-refractivity contribution is 8.00. The number of aromatic nitrogens is 2. The molecule has 0 radical (unpaired) electrons. The van der Waals surface area contributed by atoms with Crippen LogP contribution in [0.2, 0.25) is 0 Å². The highest BCUT2D eigenvalue weighted by atomic mass is 32.2. The topological polar surface area (TPSA) is 78.9 Å². The standard InChI is InChI=1S/C12H15N5S2/c1-17(2)11-15-16-12(19-11)18-7-8-4-3-5-9(6-8)10(13)14/h3-6H,7H2,1-2H3,(H3,13,14). The minimum atomic E-state index is 0.0951. The Hall–Kier alpha value is -1.60. The molecule has 0 amide bonds. The van der Waals surface area contributed by atoms with Gasteiger partial charge in [-0.2, -0.15) is 0 Å². The first-order valence-electron chi connectivity index (χ1n) is 5.63. The van der Waals surface area contributed by atoms with E-state index in [4.69, 9.17) is 11.1 Å². The Balaban J connectivity index is 2.01. The Morgan fingerprint density at radius 3 is 2.84 bits per heavy atom. The summed E-state index contributed by atoms with van der Waals surface area (Å²) in [6, 6.07) is 7.71. The van der Waals surface area contributed by atoms with Crippen LogP contribution in [0.4, 0.5) is 5.13 Å². The molecule has 1 heterocycles. The number of hydrogen-bond acceptors (Lipinski definition) is 6. The maximum atomic E-state index is 7.42. The van der Waals surface area contributed by atoms with Gasteiger partial charge in [-0.25, -0.2) is 0 Å². The molecule has 0 fully saturated rings. The van der Waals surface area contributed by atoms with Gasteiger partial charge in [-0.05, 0) is 11.6 Å². The minimum Gasteiger partial charge on any atom is -0.384 e. The second-order valence-electron chi connectivity index (χ2n) is 4.15. The summed E-state index contributed by atoms with van der Waals surface area (Å²) in [6.45, 7) is 0. The zero-order valence-electron chi connectivity index (χ0n) is 10.8. The summed E-state index contributed by atoms with van der Waals surface area (Å²) < 4.78 is 0.942. The van der Waals surface area contributed by atoms with Crippen molar-refractivity contribution in [2.45, 2.75) is 10.1 Å². The van der Waals surface area contributed by atoms with Crippen molar-refractivity contribution in [3.63, 3.8) is 0 Å². The van der Waals surface area contributed by atoms with Crippen molar-refractivity contribution in [3.05, 3.63) is 35.4 Å². The van der Waals surface area contributed by atoms with Crippen molar-refractivity contribution in [1.82, 2.24) is 10.2 Å². The van der Waals surface area contributed by atoms with Crippen molar-refractivity contribution in [2.24, 2.45) is 5.73 Å². The van der Waals surface area contributed by atoms with E-state index in [-0.39, 0.29) is 5.84 Å². The van der Waals surface area contributed by atoms with E-state index in [1.165, 1.54) is 0 Å². The molecule has 1 aromatic heterocycles. The van der Waals surface area contributed by atoms with Crippen LogP contribution >= 0.6 is 23.1 Å². The molecule has 0 unspecified atom stereocenters. The normalized spacial score (nSPS) is 10.4. The number of amidine groups is 1. The van der Waals surface area contributed by atoms with E-state index < -0.39 is 0 Å². The predicted molar refractivity (Wildman–Crippen MR) is 81.3 cm³/mol. The maximum Gasteiger partial charge on any atom is 0.208 e. The molecule has 0 aliphatic rings. The number of rotatable bonds is 5. The fraction of sp³-hybridized carbons (Fsp3) is 0.250. The first kappa shape index (κ1) is 13.8. The summed E-state index contributed by atoms with van der Waals surface area (Å²) in [5.74, 6) is 0.890. The first-order valence-corrected chi connectivity index (χ1v) is 7.43. The summed E-state index contributed by atoms with van der Waals surface area (Å²) in [4.78, 5) is 1.94. The number of hydrogen-bond donors (Lipinski definition) is 2. The number of nitrogen functional groups attached to an aromatic ring is 1. The van der Waals surface area contributed by atoms with Gasteiger partial charge in [0.25, 0.3) is 0 Å². The molecule has 0 spiro atoms. The van der Waals surface area contributed by atoms with Crippen molar-refractivity contribution >= 4 is 34.1 Å². The summed E-state index contributed by atoms with van der Waals surface area (Å²) in [5, 5.41) is 16.6. The predicted octanol–water partition coefficient (Wildman–Crippen LogP) is 2.18. The molecular formula is C12H15N5S2. The van der Waals surface area contributed by atoms with Crippen LogP contribution in [0.3, 0.4) is 0 Å². The van der Waals surface area contributed by atoms with E-state index >= 15 is 0 Å². The molecule has 1 aromatic carbocycles. The number of benzene rings is 1. The monoisotopic (exact) mass is 293 g/mol. The van der Waals surface area contributed by atoms with Crippen molar-refractivity contribution in [1.29, 1.82) is 5.41 Å². The molecule has 0 saturated heterocycles. The van der Waals surface area contributed by atoms with Gasteiger partial charge in [-0.3, -0.25) is 5.41 Å². The Kier molecular flexibility index (Phi) is 4.39. The van der Waals surface area contributed by atoms with Gasteiger partial charge in [0.1, 0.15) is 5.84 Å². The average molecular weight is 293 g/mol. The minimum absolute atomic E-state index is 0.0951. The molecule has 0 saturated carbocycles. The van der Waals surface area contributed by atoms with Crippen LogP contribution in [0.15, 0.2) is 28.6 Å². The summed E-state index contributed by atoms with van der Waals surface area (Å²) in [6.07, 6.45) is 0. The molecule has 0 atom stereocenters. The van der Waals surface area contributed by atoms with Crippen LogP contribution in [0.1, 0.15) is 11.1 Å². The lowest BCUT2D eigenvalue weighted by Crippen LogP contribution is -2.10. The van der Waals surface area contributed by atoms with Crippen molar-refractivity contribution in [3.8, 4) is 0 Å². The Bertz CT molecular complexity index is 579. The van der Waals surface area contributed by atoms with Gasteiger partial charge in [-0.15, -0.1) is 10.2 Å². The van der Waals surface area contributed by atoms with Crippen LogP contribution in [-0.4, -0.2) is 30.1 Å². The van der Waals surface area contributed by atoms with E-state index in [2.05, 4.69) is 10.2 Å². The van der Waals surface area contributed by atoms with Gasteiger partial charge >= 0.3 is 0 Å². The lowest BCUT2D eigenvalue weighted by molar-refractivity contribution is 0.972. The lowest BCUT2D eigenvalue weighted by Gasteiger charge is -2.04. The van der Waals surface area contributed by atoms with E-state index in [0.717, 1.165) is 26.4 Å². The lowest BCUT2D eigenvalue weighted by atomic mass is 10.1. The van der Waals surface area contributed by atoms with Gasteiger partial charge in [0.05, 0.1) is 0 Å². The molecule has 0 aliphatic heterocycles. The SMILES string of the molecule is CN(C)c1nnc(SCc2cccc(C(=N)N)c2)s1. The molecule has 7 heteroatoms. The quantitative estimate of drug-likeness (QED) is 0.502. The zero-order valence-corrected chi connectivity index (χ0v) is 12.4. The van der Waals surface area contributed by atoms with Crippen molar-refractivity contribution < 1.29 is 0 Å².